The molecule has 1 aromatic rings. The second-order valence-corrected chi connectivity index (χ2v) is 3.87. The molecule has 1 nitrogen and oxygen atoms in total. The zero-order valence-corrected chi connectivity index (χ0v) is 9.76. The highest BCUT2D eigenvalue weighted by Crippen LogP contribution is 2.25. The molecule has 0 aromatic heterocycles. The van der Waals surface area contributed by atoms with Crippen LogP contribution in [0.15, 0.2) is 24.3 Å². The first kappa shape index (κ1) is 12.2. The van der Waals surface area contributed by atoms with Crippen LogP contribution in [0.3, 0.4) is 0 Å². The van der Waals surface area contributed by atoms with E-state index in [1.165, 1.54) is 5.56 Å². The highest BCUT2D eigenvalue weighted by molar-refractivity contribution is 5.22. The molecule has 2 unspecified atom stereocenters. The molecule has 0 saturated carbocycles. The second kappa shape index (κ2) is 5.86. The minimum Gasteiger partial charge on any atom is -0.316 e. The lowest BCUT2D eigenvalue weighted by Crippen LogP contribution is -2.31. The molecule has 2 atom stereocenters. The van der Waals surface area contributed by atoms with Crippen molar-refractivity contribution in [1.82, 2.24) is 5.32 Å². The van der Waals surface area contributed by atoms with Gasteiger partial charge in [0, 0.05) is 6.04 Å². The van der Waals surface area contributed by atoms with Gasteiger partial charge in [0.15, 0.2) is 0 Å². The van der Waals surface area contributed by atoms with Crippen LogP contribution in [0.1, 0.15) is 38.2 Å². The predicted molar refractivity (Wildman–Crippen MR) is 62.6 cm³/mol. The highest BCUT2D eigenvalue weighted by atomic mass is 19.1. The van der Waals surface area contributed by atoms with Gasteiger partial charge in [0.25, 0.3) is 0 Å². The van der Waals surface area contributed by atoms with Crippen LogP contribution in [0.25, 0.3) is 0 Å². The number of likely N-dealkylation sites (N-methyl/N-ethyl adjacent to an activating group) is 1. The Morgan fingerprint density at radius 2 is 1.73 bits per heavy atom. The minimum absolute atomic E-state index is 0.161. The van der Waals surface area contributed by atoms with Gasteiger partial charge < -0.3 is 5.32 Å². The fourth-order valence-electron chi connectivity index (χ4n) is 2.15. The van der Waals surface area contributed by atoms with Gasteiger partial charge in [-0.25, -0.2) is 4.39 Å². The quantitative estimate of drug-likeness (QED) is 0.784. The molecule has 2 heteroatoms. The van der Waals surface area contributed by atoms with Crippen LogP contribution in [-0.4, -0.2) is 13.1 Å². The summed E-state index contributed by atoms with van der Waals surface area (Å²) in [6.07, 6.45) is 2.16. The van der Waals surface area contributed by atoms with Gasteiger partial charge in [0.05, 0.1) is 0 Å². The van der Waals surface area contributed by atoms with E-state index in [9.17, 15) is 4.39 Å². The topological polar surface area (TPSA) is 12.0 Å². The molecular weight excluding hydrogens is 189 g/mol. The minimum atomic E-state index is -0.161. The molecule has 84 valence electrons. The SMILES string of the molecule is CCC(NC)C(CC)c1ccc(F)cc1. The molecule has 0 fully saturated rings. The van der Waals surface area contributed by atoms with Gasteiger partial charge in [-0.2, -0.15) is 0 Å². The van der Waals surface area contributed by atoms with Gasteiger partial charge in [-0.15, -0.1) is 0 Å². The Morgan fingerprint density at radius 1 is 1.13 bits per heavy atom. The number of halogens is 1. The summed E-state index contributed by atoms with van der Waals surface area (Å²) in [5.74, 6) is 0.312. The number of nitrogens with one attached hydrogen (secondary N) is 1. The van der Waals surface area contributed by atoms with E-state index in [0.717, 1.165) is 12.8 Å². The molecule has 0 bridgehead atoms. The molecule has 0 heterocycles. The Balaban J connectivity index is 2.86. The van der Waals surface area contributed by atoms with Crippen molar-refractivity contribution in [2.75, 3.05) is 7.05 Å². The molecule has 0 aliphatic rings. The van der Waals surface area contributed by atoms with Crippen molar-refractivity contribution >= 4 is 0 Å². The summed E-state index contributed by atoms with van der Waals surface area (Å²) in [5, 5.41) is 3.32. The Labute approximate surface area is 91.7 Å². The average Bonchev–Trinajstić information content (AvgIpc) is 2.27. The molecule has 1 rings (SSSR count). The standard InChI is InChI=1S/C13H20FN/c1-4-12(13(5-2)15-3)10-6-8-11(14)9-7-10/h6-9,12-13,15H,4-5H2,1-3H3. The van der Waals surface area contributed by atoms with Gasteiger partial charge >= 0.3 is 0 Å². The Morgan fingerprint density at radius 3 is 2.13 bits per heavy atom. The molecule has 0 radical (unpaired) electrons. The van der Waals surface area contributed by atoms with Crippen LogP contribution < -0.4 is 5.32 Å². The summed E-state index contributed by atoms with van der Waals surface area (Å²) in [4.78, 5) is 0. The second-order valence-electron chi connectivity index (χ2n) is 3.87. The van der Waals surface area contributed by atoms with Crippen molar-refractivity contribution in [3.8, 4) is 0 Å². The van der Waals surface area contributed by atoms with E-state index in [-0.39, 0.29) is 5.82 Å². The zero-order valence-electron chi connectivity index (χ0n) is 9.76. The number of hydrogen-bond donors (Lipinski definition) is 1. The van der Waals surface area contributed by atoms with E-state index in [2.05, 4.69) is 19.2 Å². The average molecular weight is 209 g/mol. The van der Waals surface area contributed by atoms with Gasteiger partial charge in [0.1, 0.15) is 5.82 Å². The maximum atomic E-state index is 12.8. The smallest absolute Gasteiger partial charge is 0.123 e. The third-order valence-corrected chi connectivity index (χ3v) is 3.03. The van der Waals surface area contributed by atoms with E-state index in [1.807, 2.05) is 19.2 Å². The largest absolute Gasteiger partial charge is 0.316 e. The molecule has 0 aliphatic heterocycles. The molecule has 0 amide bonds. The van der Waals surface area contributed by atoms with Gasteiger partial charge in [-0.1, -0.05) is 26.0 Å². The maximum Gasteiger partial charge on any atom is 0.123 e. The molecular formula is C13H20FN. The van der Waals surface area contributed by atoms with Gasteiger partial charge in [-0.05, 0) is 43.5 Å². The summed E-state index contributed by atoms with van der Waals surface area (Å²) in [5.41, 5.74) is 1.22. The highest BCUT2D eigenvalue weighted by Gasteiger charge is 2.18. The summed E-state index contributed by atoms with van der Waals surface area (Å²) in [6, 6.07) is 7.34. The van der Waals surface area contributed by atoms with E-state index in [4.69, 9.17) is 0 Å². The molecule has 1 N–H and O–H groups in total. The Kier molecular flexibility index (Phi) is 4.76. The van der Waals surface area contributed by atoms with Crippen molar-refractivity contribution in [1.29, 1.82) is 0 Å². The van der Waals surface area contributed by atoms with Crippen LogP contribution in [0, 0.1) is 5.82 Å². The predicted octanol–water partition coefficient (Wildman–Crippen LogP) is 3.32. The van der Waals surface area contributed by atoms with Gasteiger partial charge in [0.2, 0.25) is 0 Å². The van der Waals surface area contributed by atoms with E-state index in [1.54, 1.807) is 12.1 Å². The molecule has 0 spiro atoms. The van der Waals surface area contributed by atoms with Gasteiger partial charge in [-0.3, -0.25) is 0 Å². The van der Waals surface area contributed by atoms with Crippen LogP contribution in [-0.2, 0) is 0 Å². The van der Waals surface area contributed by atoms with Crippen molar-refractivity contribution < 1.29 is 4.39 Å². The Bertz CT molecular complexity index is 277. The molecule has 0 aliphatic carbocycles. The number of rotatable bonds is 5. The van der Waals surface area contributed by atoms with E-state index >= 15 is 0 Å². The van der Waals surface area contributed by atoms with Crippen LogP contribution in [0.5, 0.6) is 0 Å². The number of benzene rings is 1. The maximum absolute atomic E-state index is 12.8. The van der Waals surface area contributed by atoms with Crippen molar-refractivity contribution in [3.05, 3.63) is 35.6 Å². The summed E-state index contributed by atoms with van der Waals surface area (Å²) < 4.78 is 12.8. The van der Waals surface area contributed by atoms with Crippen molar-refractivity contribution in [2.45, 2.75) is 38.6 Å². The number of hydrogen-bond acceptors (Lipinski definition) is 1. The zero-order chi connectivity index (χ0) is 11.3. The van der Waals surface area contributed by atoms with E-state index < -0.39 is 0 Å². The first-order valence-corrected chi connectivity index (χ1v) is 5.65. The lowest BCUT2D eigenvalue weighted by molar-refractivity contribution is 0.439. The molecule has 0 saturated heterocycles. The van der Waals surface area contributed by atoms with Crippen LogP contribution in [0.2, 0.25) is 0 Å². The normalized spacial score (nSPS) is 14.9. The summed E-state index contributed by atoms with van der Waals surface area (Å²) in [7, 11) is 1.99. The first-order chi connectivity index (χ1) is 7.22. The molecule has 1 aromatic carbocycles. The van der Waals surface area contributed by atoms with Crippen molar-refractivity contribution in [2.24, 2.45) is 0 Å². The summed E-state index contributed by atoms with van der Waals surface area (Å²) in [6.45, 7) is 4.35. The van der Waals surface area contributed by atoms with Crippen molar-refractivity contribution in [3.63, 3.8) is 0 Å². The van der Waals surface area contributed by atoms with Crippen LogP contribution in [0.4, 0.5) is 4.39 Å². The van der Waals surface area contributed by atoms with E-state index in [0.29, 0.717) is 12.0 Å². The lowest BCUT2D eigenvalue weighted by Gasteiger charge is -2.25. The van der Waals surface area contributed by atoms with Crippen LogP contribution >= 0.6 is 0 Å². The lowest BCUT2D eigenvalue weighted by atomic mass is 9.88. The molecule has 15 heavy (non-hydrogen) atoms. The monoisotopic (exact) mass is 209 g/mol. The first-order valence-electron chi connectivity index (χ1n) is 5.65. The fraction of sp³-hybridized carbons (Fsp3) is 0.538. The third kappa shape index (κ3) is 3.03. The fourth-order valence-corrected chi connectivity index (χ4v) is 2.15. The Hall–Kier alpha value is -0.890. The summed E-state index contributed by atoms with van der Waals surface area (Å²) >= 11 is 0. The third-order valence-electron chi connectivity index (χ3n) is 3.03.